The Morgan fingerprint density at radius 3 is 2.86 bits per heavy atom. The third kappa shape index (κ3) is 1.98. The van der Waals surface area contributed by atoms with E-state index in [9.17, 15) is 4.79 Å². The first-order valence-electron chi connectivity index (χ1n) is 7.30. The summed E-state index contributed by atoms with van der Waals surface area (Å²) in [5.41, 5.74) is 1.18. The largest absolute Gasteiger partial charge is 0.348 e. The summed E-state index contributed by atoms with van der Waals surface area (Å²) in [6, 6.07) is 12.1. The predicted molar refractivity (Wildman–Crippen MR) is 90.7 cm³/mol. The summed E-state index contributed by atoms with van der Waals surface area (Å²) in [6.07, 6.45) is 2.07. The van der Waals surface area contributed by atoms with Gasteiger partial charge in [0.1, 0.15) is 4.88 Å². The molecule has 0 aliphatic carbocycles. The quantitative estimate of drug-likeness (QED) is 0.641. The summed E-state index contributed by atoms with van der Waals surface area (Å²) in [7, 11) is 0. The van der Waals surface area contributed by atoms with Crippen LogP contribution in [0.1, 0.15) is 28.3 Å². The highest BCUT2D eigenvalue weighted by molar-refractivity contribution is 7.21. The van der Waals surface area contributed by atoms with E-state index in [1.165, 1.54) is 17.0 Å². The zero-order valence-corrected chi connectivity index (χ0v) is 13.7. The monoisotopic (exact) mass is 330 g/mol. The summed E-state index contributed by atoms with van der Waals surface area (Å²) < 4.78 is 3.27. The highest BCUT2D eigenvalue weighted by Gasteiger charge is 2.30. The van der Waals surface area contributed by atoms with Gasteiger partial charge < -0.3 is 9.47 Å². The van der Waals surface area contributed by atoms with E-state index in [4.69, 9.17) is 11.6 Å². The highest BCUT2D eigenvalue weighted by Crippen LogP contribution is 2.37. The second-order valence-electron chi connectivity index (χ2n) is 5.54. The fourth-order valence-electron chi connectivity index (χ4n) is 3.14. The summed E-state index contributed by atoms with van der Waals surface area (Å²) in [6.45, 7) is 3.62. The minimum absolute atomic E-state index is 0.0335. The van der Waals surface area contributed by atoms with Gasteiger partial charge in [0, 0.05) is 35.1 Å². The van der Waals surface area contributed by atoms with Crippen LogP contribution in [0.5, 0.6) is 0 Å². The molecule has 3 heterocycles. The van der Waals surface area contributed by atoms with Crippen molar-refractivity contribution in [3.8, 4) is 0 Å². The lowest BCUT2D eigenvalue weighted by Gasteiger charge is -2.34. The fraction of sp³-hybridized carbons (Fsp3) is 0.235. The third-order valence-electron chi connectivity index (χ3n) is 4.33. The number of hydrogen-bond donors (Lipinski definition) is 0. The molecule has 3 nitrogen and oxygen atoms in total. The highest BCUT2D eigenvalue weighted by atomic mass is 35.5. The molecular weight excluding hydrogens is 316 g/mol. The second-order valence-corrected chi connectivity index (χ2v) is 6.97. The van der Waals surface area contributed by atoms with Gasteiger partial charge in [-0.15, -0.1) is 11.3 Å². The molecule has 0 bridgehead atoms. The lowest BCUT2D eigenvalue weighted by Crippen LogP contribution is -2.40. The Morgan fingerprint density at radius 2 is 2.05 bits per heavy atom. The number of benzene rings is 1. The lowest BCUT2D eigenvalue weighted by molar-refractivity contribution is 0.0649. The van der Waals surface area contributed by atoms with Crippen molar-refractivity contribution in [2.45, 2.75) is 19.5 Å². The lowest BCUT2D eigenvalue weighted by atomic mass is 10.1. The average molecular weight is 331 g/mol. The zero-order valence-electron chi connectivity index (χ0n) is 12.1. The number of nitrogens with zero attached hydrogens (tertiary/aromatic N) is 2. The molecule has 1 atom stereocenters. The van der Waals surface area contributed by atoms with Crippen LogP contribution in [0.2, 0.25) is 5.02 Å². The molecule has 1 unspecified atom stereocenters. The van der Waals surface area contributed by atoms with Crippen molar-refractivity contribution in [1.29, 1.82) is 0 Å². The molecule has 112 valence electrons. The van der Waals surface area contributed by atoms with E-state index < -0.39 is 0 Å². The molecule has 5 heteroatoms. The van der Waals surface area contributed by atoms with Crippen molar-refractivity contribution in [3.05, 3.63) is 58.2 Å². The van der Waals surface area contributed by atoms with Crippen molar-refractivity contribution in [2.75, 3.05) is 6.54 Å². The van der Waals surface area contributed by atoms with E-state index in [1.54, 1.807) is 0 Å². The number of amides is 1. The number of thiophene rings is 1. The minimum Gasteiger partial charge on any atom is -0.348 e. The standard InChI is InChI=1S/C17H15ClN2OS/c1-11-13-6-4-8-19(13)9-10-20(11)17(21)16-15(18)12-5-2-3-7-14(12)22-16/h2-8,11H,9-10H2,1H3. The van der Waals surface area contributed by atoms with Crippen LogP contribution in [0.4, 0.5) is 0 Å². The molecule has 0 N–H and O–H groups in total. The first-order valence-corrected chi connectivity index (χ1v) is 8.49. The van der Waals surface area contributed by atoms with Crippen molar-refractivity contribution in [3.63, 3.8) is 0 Å². The maximum Gasteiger partial charge on any atom is 0.266 e. The van der Waals surface area contributed by atoms with Gasteiger partial charge in [-0.05, 0) is 25.1 Å². The Labute approximate surface area is 137 Å². The van der Waals surface area contributed by atoms with Crippen molar-refractivity contribution >= 4 is 38.9 Å². The number of carbonyl (C=O) groups is 1. The number of aromatic nitrogens is 1. The Kier molecular flexibility index (Phi) is 3.24. The van der Waals surface area contributed by atoms with E-state index in [2.05, 4.69) is 23.8 Å². The van der Waals surface area contributed by atoms with Crippen molar-refractivity contribution in [2.24, 2.45) is 0 Å². The molecule has 22 heavy (non-hydrogen) atoms. The average Bonchev–Trinajstić information content (AvgIpc) is 3.13. The summed E-state index contributed by atoms with van der Waals surface area (Å²) >= 11 is 7.94. The van der Waals surface area contributed by atoms with Gasteiger partial charge in [-0.2, -0.15) is 0 Å². The van der Waals surface area contributed by atoms with Crippen LogP contribution < -0.4 is 0 Å². The molecule has 1 amide bonds. The van der Waals surface area contributed by atoms with Gasteiger partial charge in [0.05, 0.1) is 11.1 Å². The molecule has 1 aromatic carbocycles. The predicted octanol–water partition coefficient (Wildman–Crippen LogP) is 4.57. The van der Waals surface area contributed by atoms with E-state index in [0.29, 0.717) is 16.4 Å². The summed E-state index contributed by atoms with van der Waals surface area (Å²) in [5, 5.41) is 1.55. The van der Waals surface area contributed by atoms with Crippen molar-refractivity contribution in [1.82, 2.24) is 9.47 Å². The Morgan fingerprint density at radius 1 is 1.23 bits per heavy atom. The van der Waals surface area contributed by atoms with E-state index in [0.717, 1.165) is 16.6 Å². The van der Waals surface area contributed by atoms with Gasteiger partial charge in [-0.3, -0.25) is 4.79 Å². The molecule has 0 spiro atoms. The zero-order chi connectivity index (χ0) is 15.3. The number of hydrogen-bond acceptors (Lipinski definition) is 2. The van der Waals surface area contributed by atoms with Crippen LogP contribution in [-0.4, -0.2) is 21.9 Å². The molecular formula is C17H15ClN2OS. The molecule has 0 saturated carbocycles. The van der Waals surface area contributed by atoms with Gasteiger partial charge in [0.15, 0.2) is 0 Å². The molecule has 1 aliphatic rings. The third-order valence-corrected chi connectivity index (χ3v) is 6.00. The van der Waals surface area contributed by atoms with Crippen molar-refractivity contribution < 1.29 is 4.79 Å². The molecule has 0 radical (unpaired) electrons. The Hall–Kier alpha value is -1.78. The number of carbonyl (C=O) groups excluding carboxylic acids is 1. The second kappa shape index (κ2) is 5.14. The van der Waals surface area contributed by atoms with Gasteiger partial charge in [0.25, 0.3) is 5.91 Å². The van der Waals surface area contributed by atoms with Gasteiger partial charge >= 0.3 is 0 Å². The van der Waals surface area contributed by atoms with Gasteiger partial charge in [-0.25, -0.2) is 0 Å². The molecule has 0 saturated heterocycles. The van der Waals surface area contributed by atoms with Crippen LogP contribution in [0, 0.1) is 0 Å². The van der Waals surface area contributed by atoms with E-state index in [1.807, 2.05) is 35.2 Å². The molecule has 0 fully saturated rings. The maximum atomic E-state index is 13.0. The molecule has 1 aliphatic heterocycles. The number of rotatable bonds is 1. The van der Waals surface area contributed by atoms with Gasteiger partial charge in [0.2, 0.25) is 0 Å². The summed E-state index contributed by atoms with van der Waals surface area (Å²) in [5.74, 6) is 0.0335. The Balaban J connectivity index is 1.74. The van der Waals surface area contributed by atoms with Crippen LogP contribution in [0.25, 0.3) is 10.1 Å². The minimum atomic E-state index is 0.0335. The fourth-order valence-corrected chi connectivity index (χ4v) is 4.61. The Bertz CT molecular complexity index is 867. The molecule has 2 aromatic heterocycles. The van der Waals surface area contributed by atoms with Crippen LogP contribution in [0.3, 0.4) is 0 Å². The molecule has 4 rings (SSSR count). The normalized spacial score (nSPS) is 17.7. The van der Waals surface area contributed by atoms with Crippen LogP contribution in [-0.2, 0) is 6.54 Å². The first kappa shape index (κ1) is 13.9. The van der Waals surface area contributed by atoms with Crippen LogP contribution in [0.15, 0.2) is 42.6 Å². The number of fused-ring (bicyclic) bond motifs is 2. The smallest absolute Gasteiger partial charge is 0.266 e. The SMILES string of the molecule is CC1c2cccn2CCN1C(=O)c1sc2ccccc2c1Cl. The van der Waals surface area contributed by atoms with Gasteiger partial charge in [-0.1, -0.05) is 29.8 Å². The first-order chi connectivity index (χ1) is 10.7. The number of halogens is 1. The van der Waals surface area contributed by atoms with E-state index >= 15 is 0 Å². The van der Waals surface area contributed by atoms with E-state index in [-0.39, 0.29) is 11.9 Å². The molecule has 3 aromatic rings. The maximum absolute atomic E-state index is 13.0. The van der Waals surface area contributed by atoms with Crippen LogP contribution >= 0.6 is 22.9 Å². The summed E-state index contributed by atoms with van der Waals surface area (Å²) in [4.78, 5) is 15.5. The topological polar surface area (TPSA) is 25.2 Å².